The zero-order valence-corrected chi connectivity index (χ0v) is 16.8. The van der Waals surface area contributed by atoms with Gasteiger partial charge in [0.1, 0.15) is 0 Å². The van der Waals surface area contributed by atoms with Crippen molar-refractivity contribution >= 4 is 8.60 Å². The number of hydrogen-bond donors (Lipinski definition) is 0. The molecule has 0 atom stereocenters. The Labute approximate surface area is 152 Å². The van der Waals surface area contributed by atoms with Gasteiger partial charge in [0.15, 0.2) is 0 Å². The second kappa shape index (κ2) is 8.47. The highest BCUT2D eigenvalue weighted by Crippen LogP contribution is 2.48. The third-order valence-corrected chi connectivity index (χ3v) is 7.15. The molecule has 0 aromatic heterocycles. The Morgan fingerprint density at radius 2 is 0.880 bits per heavy atom. The second-order valence-electron chi connectivity index (χ2n) is 8.08. The summed E-state index contributed by atoms with van der Waals surface area (Å²) in [7, 11) is -1.35. The Balaban J connectivity index is 1.51. The van der Waals surface area contributed by atoms with Crippen molar-refractivity contribution in [1.29, 1.82) is 0 Å². The molecule has 6 nitrogen and oxygen atoms in total. The molecule has 3 fully saturated rings. The molecular weight excluding hydrogens is 343 g/mol. The predicted octanol–water partition coefficient (Wildman–Crippen LogP) is 3.54. The molecule has 0 unspecified atom stereocenters. The Morgan fingerprint density at radius 3 is 1.04 bits per heavy atom. The Morgan fingerprint density at radius 1 is 0.600 bits per heavy atom. The van der Waals surface area contributed by atoms with Crippen molar-refractivity contribution in [3.8, 4) is 0 Å². The van der Waals surface area contributed by atoms with Crippen LogP contribution >= 0.6 is 8.60 Å². The number of rotatable bonds is 12. The number of ether oxygens (including phenoxy) is 3. The van der Waals surface area contributed by atoms with Crippen LogP contribution in [0.1, 0.15) is 40.0 Å². The molecule has 146 valence electrons. The predicted molar refractivity (Wildman–Crippen MR) is 95.4 cm³/mol. The molecule has 3 saturated heterocycles. The van der Waals surface area contributed by atoms with Gasteiger partial charge in [0.05, 0.1) is 59.5 Å². The van der Waals surface area contributed by atoms with Gasteiger partial charge in [-0.05, 0) is 19.3 Å². The average Bonchev–Trinajstić information content (AvgIpc) is 2.52. The monoisotopic (exact) mass is 376 g/mol. The first kappa shape index (κ1) is 19.9. The summed E-state index contributed by atoms with van der Waals surface area (Å²) >= 11 is 0. The van der Waals surface area contributed by atoms with Crippen LogP contribution in [-0.4, -0.2) is 59.5 Å². The minimum absolute atomic E-state index is 0.136. The van der Waals surface area contributed by atoms with Crippen LogP contribution in [0.4, 0.5) is 0 Å². The van der Waals surface area contributed by atoms with Crippen LogP contribution < -0.4 is 0 Å². The Bertz CT molecular complexity index is 341. The molecule has 3 heterocycles. The molecule has 25 heavy (non-hydrogen) atoms. The van der Waals surface area contributed by atoms with Gasteiger partial charge in [-0.3, -0.25) is 0 Å². The van der Waals surface area contributed by atoms with E-state index in [9.17, 15) is 0 Å². The smallest absolute Gasteiger partial charge is 0.332 e. The molecule has 3 rings (SSSR count). The normalized spacial score (nSPS) is 25.9. The topological polar surface area (TPSA) is 55.4 Å². The summed E-state index contributed by atoms with van der Waals surface area (Å²) < 4.78 is 34.5. The zero-order valence-electron chi connectivity index (χ0n) is 15.9. The molecular formula is C18H33O6P. The van der Waals surface area contributed by atoms with Crippen LogP contribution in [0.5, 0.6) is 0 Å². The molecule has 3 aliphatic rings. The molecule has 0 radical (unpaired) electrons. The van der Waals surface area contributed by atoms with E-state index in [0.29, 0.717) is 19.8 Å². The fourth-order valence-corrected chi connectivity index (χ4v) is 4.38. The molecule has 7 heteroatoms. The van der Waals surface area contributed by atoms with Gasteiger partial charge >= 0.3 is 8.60 Å². The van der Waals surface area contributed by atoms with Crippen LogP contribution in [0, 0.1) is 16.2 Å². The molecule has 0 N–H and O–H groups in total. The summed E-state index contributed by atoms with van der Waals surface area (Å²) in [4.78, 5) is 0. The van der Waals surface area contributed by atoms with Gasteiger partial charge in [-0.25, -0.2) is 0 Å². The van der Waals surface area contributed by atoms with E-state index < -0.39 is 8.60 Å². The maximum atomic E-state index is 6.12. The third kappa shape index (κ3) is 4.55. The van der Waals surface area contributed by atoms with E-state index in [1.807, 2.05) is 0 Å². The highest BCUT2D eigenvalue weighted by atomic mass is 31.2. The third-order valence-electron chi connectivity index (χ3n) is 6.13. The molecule has 0 spiro atoms. The largest absolute Gasteiger partial charge is 0.380 e. The zero-order chi connectivity index (χ0) is 17.8. The standard InChI is InChI=1S/C18H33O6P/c1-4-16(7-19-8-16)13-22-25(23-14-17(5-2)9-20-10-17)24-15-18(6-3)11-21-12-18/h4-15H2,1-3H3. The molecule has 0 amide bonds. The van der Waals surface area contributed by atoms with E-state index in [-0.39, 0.29) is 16.2 Å². The van der Waals surface area contributed by atoms with Crippen LogP contribution in [0.3, 0.4) is 0 Å². The molecule has 0 aromatic carbocycles. The highest BCUT2D eigenvalue weighted by molar-refractivity contribution is 7.41. The van der Waals surface area contributed by atoms with E-state index in [1.165, 1.54) is 0 Å². The molecule has 0 aromatic rings. The maximum Gasteiger partial charge on any atom is 0.332 e. The average molecular weight is 376 g/mol. The second-order valence-corrected chi connectivity index (χ2v) is 9.30. The van der Waals surface area contributed by atoms with Crippen LogP contribution in [0.15, 0.2) is 0 Å². The van der Waals surface area contributed by atoms with Crippen LogP contribution in [0.25, 0.3) is 0 Å². The summed E-state index contributed by atoms with van der Waals surface area (Å²) in [5, 5.41) is 0. The minimum Gasteiger partial charge on any atom is -0.380 e. The van der Waals surface area contributed by atoms with Gasteiger partial charge in [-0.2, -0.15) is 0 Å². The first-order valence-electron chi connectivity index (χ1n) is 9.51. The lowest BCUT2D eigenvalue weighted by Crippen LogP contribution is -2.47. The van der Waals surface area contributed by atoms with Crippen molar-refractivity contribution in [3.05, 3.63) is 0 Å². The number of hydrogen-bond acceptors (Lipinski definition) is 6. The van der Waals surface area contributed by atoms with Gasteiger partial charge in [-0.1, -0.05) is 20.8 Å². The quantitative estimate of drug-likeness (QED) is 0.486. The summed E-state index contributed by atoms with van der Waals surface area (Å²) in [5.41, 5.74) is 0.409. The molecule has 0 saturated carbocycles. The minimum atomic E-state index is -1.35. The lowest BCUT2D eigenvalue weighted by atomic mass is 9.84. The first-order chi connectivity index (χ1) is 12.1. The van der Waals surface area contributed by atoms with E-state index in [2.05, 4.69) is 20.8 Å². The highest BCUT2D eigenvalue weighted by Gasteiger charge is 2.42. The Hall–Kier alpha value is 0.190. The van der Waals surface area contributed by atoms with Crippen molar-refractivity contribution in [2.45, 2.75) is 40.0 Å². The maximum absolute atomic E-state index is 6.12. The first-order valence-corrected chi connectivity index (χ1v) is 10.6. The van der Waals surface area contributed by atoms with Crippen molar-refractivity contribution in [2.24, 2.45) is 16.2 Å². The summed E-state index contributed by atoms with van der Waals surface area (Å²) in [6, 6.07) is 0. The molecule has 3 aliphatic heterocycles. The van der Waals surface area contributed by atoms with Gasteiger partial charge in [0.25, 0.3) is 0 Å². The summed E-state index contributed by atoms with van der Waals surface area (Å²) in [6.07, 6.45) is 3.15. The van der Waals surface area contributed by atoms with Crippen molar-refractivity contribution in [3.63, 3.8) is 0 Å². The van der Waals surface area contributed by atoms with Crippen LogP contribution in [0.2, 0.25) is 0 Å². The van der Waals surface area contributed by atoms with Crippen LogP contribution in [-0.2, 0) is 27.8 Å². The molecule has 0 aliphatic carbocycles. The SMILES string of the molecule is CCC1(COP(OCC2(CC)COC2)OCC2(CC)COC2)COC1. The van der Waals surface area contributed by atoms with Gasteiger partial charge in [0, 0.05) is 16.2 Å². The van der Waals surface area contributed by atoms with Gasteiger partial charge in [-0.15, -0.1) is 0 Å². The Kier molecular flexibility index (Phi) is 6.76. The summed E-state index contributed by atoms with van der Waals surface area (Å²) in [5.74, 6) is 0. The van der Waals surface area contributed by atoms with E-state index >= 15 is 0 Å². The van der Waals surface area contributed by atoms with Crippen molar-refractivity contribution in [1.82, 2.24) is 0 Å². The van der Waals surface area contributed by atoms with Gasteiger partial charge < -0.3 is 27.8 Å². The lowest BCUT2D eigenvalue weighted by molar-refractivity contribution is -0.151. The molecule has 0 bridgehead atoms. The lowest BCUT2D eigenvalue weighted by Gasteiger charge is -2.43. The fourth-order valence-electron chi connectivity index (χ4n) is 3.02. The fraction of sp³-hybridized carbons (Fsp3) is 1.00. The van der Waals surface area contributed by atoms with E-state index in [4.69, 9.17) is 27.8 Å². The summed E-state index contributed by atoms with van der Waals surface area (Å²) in [6.45, 7) is 13.1. The van der Waals surface area contributed by atoms with Crippen molar-refractivity contribution in [2.75, 3.05) is 59.5 Å². The van der Waals surface area contributed by atoms with E-state index in [0.717, 1.165) is 58.9 Å². The van der Waals surface area contributed by atoms with E-state index in [1.54, 1.807) is 0 Å². The van der Waals surface area contributed by atoms with Gasteiger partial charge in [0.2, 0.25) is 0 Å². The van der Waals surface area contributed by atoms with Crippen molar-refractivity contribution < 1.29 is 27.8 Å².